The lowest BCUT2D eigenvalue weighted by Crippen LogP contribution is -2.19. The van der Waals surface area contributed by atoms with Crippen molar-refractivity contribution in [1.82, 2.24) is 14.4 Å². The Bertz CT molecular complexity index is 1150. The van der Waals surface area contributed by atoms with Crippen LogP contribution in [0.5, 0.6) is 0 Å². The minimum atomic E-state index is -4.48. The third-order valence-electron chi connectivity index (χ3n) is 4.32. The number of hydrogen-bond acceptors (Lipinski definition) is 4. The van der Waals surface area contributed by atoms with Crippen LogP contribution in [0, 0.1) is 0 Å². The molecule has 0 radical (unpaired) electrons. The quantitative estimate of drug-likeness (QED) is 0.551. The van der Waals surface area contributed by atoms with E-state index in [4.69, 9.17) is 0 Å². The highest BCUT2D eigenvalue weighted by atomic mass is 32.1. The minimum absolute atomic E-state index is 0.120. The largest absolute Gasteiger partial charge is 0.432 e. The Balaban J connectivity index is 1.59. The monoisotopic (exact) mass is 390 g/mol. The molecule has 0 saturated carbocycles. The van der Waals surface area contributed by atoms with Gasteiger partial charge in [-0.2, -0.15) is 13.2 Å². The van der Waals surface area contributed by atoms with Crippen molar-refractivity contribution in [3.8, 4) is 0 Å². The van der Waals surface area contributed by atoms with Crippen molar-refractivity contribution in [2.75, 3.05) is 5.32 Å². The molecule has 0 saturated heterocycles. The summed E-state index contributed by atoms with van der Waals surface area (Å²) in [6.45, 7) is 1.73. The molecule has 1 N–H and O–H groups in total. The number of pyridine rings is 1. The van der Waals surface area contributed by atoms with Crippen molar-refractivity contribution in [1.29, 1.82) is 0 Å². The van der Waals surface area contributed by atoms with Crippen LogP contribution in [0.15, 0.2) is 48.2 Å². The Morgan fingerprint density at radius 3 is 2.85 bits per heavy atom. The van der Waals surface area contributed by atoms with Crippen LogP contribution >= 0.6 is 11.3 Å². The van der Waals surface area contributed by atoms with E-state index in [1.165, 1.54) is 0 Å². The number of rotatable bonds is 3. The molecule has 3 heterocycles. The van der Waals surface area contributed by atoms with Gasteiger partial charge in [0.2, 0.25) is 5.91 Å². The van der Waals surface area contributed by atoms with Crippen molar-refractivity contribution in [2.24, 2.45) is 0 Å². The molecule has 4 aromatic rings. The lowest BCUT2D eigenvalue weighted by atomic mass is 9.98. The van der Waals surface area contributed by atoms with Gasteiger partial charge in [0.1, 0.15) is 16.9 Å². The first-order chi connectivity index (χ1) is 12.8. The van der Waals surface area contributed by atoms with Gasteiger partial charge in [0.05, 0.1) is 11.4 Å². The summed E-state index contributed by atoms with van der Waals surface area (Å²) in [6, 6.07) is 9.24. The highest BCUT2D eigenvalue weighted by Gasteiger charge is 2.35. The van der Waals surface area contributed by atoms with Gasteiger partial charge in [-0.05, 0) is 30.7 Å². The van der Waals surface area contributed by atoms with E-state index in [-0.39, 0.29) is 16.6 Å². The summed E-state index contributed by atoms with van der Waals surface area (Å²) < 4.78 is 39.8. The van der Waals surface area contributed by atoms with Crippen LogP contribution in [-0.4, -0.2) is 20.3 Å². The maximum atomic E-state index is 13.0. The van der Waals surface area contributed by atoms with Crippen molar-refractivity contribution in [3.05, 3.63) is 59.5 Å². The molecule has 27 heavy (non-hydrogen) atoms. The van der Waals surface area contributed by atoms with E-state index in [2.05, 4.69) is 15.3 Å². The van der Waals surface area contributed by atoms with Crippen molar-refractivity contribution < 1.29 is 18.0 Å². The molecular weight excluding hydrogens is 377 g/mol. The van der Waals surface area contributed by atoms with Crippen LogP contribution in [0.2, 0.25) is 0 Å². The van der Waals surface area contributed by atoms with Crippen LogP contribution in [-0.2, 0) is 11.0 Å². The van der Waals surface area contributed by atoms with E-state index in [1.807, 2.05) is 30.3 Å². The number of aromatic nitrogens is 3. The molecule has 5 nitrogen and oxygen atoms in total. The Hall–Kier alpha value is -2.94. The number of fused-ring (bicyclic) bond motifs is 2. The average molecular weight is 390 g/mol. The topological polar surface area (TPSA) is 59.3 Å². The number of imidazole rings is 1. The summed E-state index contributed by atoms with van der Waals surface area (Å²) in [5.41, 5.74) is 0.791. The van der Waals surface area contributed by atoms with Gasteiger partial charge in [-0.3, -0.25) is 14.2 Å². The first kappa shape index (κ1) is 17.5. The molecule has 9 heteroatoms. The highest BCUT2D eigenvalue weighted by molar-refractivity contribution is 7.16. The maximum Gasteiger partial charge on any atom is 0.432 e. The van der Waals surface area contributed by atoms with Gasteiger partial charge in [-0.15, -0.1) is 11.3 Å². The Morgan fingerprint density at radius 2 is 2.07 bits per heavy atom. The molecule has 0 fully saturated rings. The van der Waals surface area contributed by atoms with Crippen LogP contribution in [0.4, 0.5) is 19.0 Å². The number of carbonyl (C=O) groups is 1. The lowest BCUT2D eigenvalue weighted by Gasteiger charge is -2.12. The summed E-state index contributed by atoms with van der Waals surface area (Å²) in [7, 11) is 0. The van der Waals surface area contributed by atoms with Crippen LogP contribution in [0.1, 0.15) is 24.1 Å². The zero-order valence-corrected chi connectivity index (χ0v) is 14.8. The number of nitrogens with zero attached hydrogens (tertiary/aromatic N) is 3. The van der Waals surface area contributed by atoms with Crippen LogP contribution in [0.25, 0.3) is 15.7 Å². The van der Waals surface area contributed by atoms with E-state index in [0.29, 0.717) is 0 Å². The molecule has 0 bridgehead atoms. The fourth-order valence-corrected chi connectivity index (χ4v) is 3.76. The van der Waals surface area contributed by atoms with Crippen molar-refractivity contribution in [2.45, 2.75) is 19.0 Å². The lowest BCUT2D eigenvalue weighted by molar-refractivity contribution is -0.141. The summed E-state index contributed by atoms with van der Waals surface area (Å²) in [6.07, 6.45) is -1.72. The predicted molar refractivity (Wildman–Crippen MR) is 96.9 cm³/mol. The SMILES string of the molecule is C[C@H](C(=O)Nc1ncn2c(C(F)(F)F)csc12)c1ccc2ncccc2c1. The van der Waals surface area contributed by atoms with E-state index in [1.54, 1.807) is 13.1 Å². The van der Waals surface area contributed by atoms with Gasteiger partial charge in [0, 0.05) is 17.0 Å². The van der Waals surface area contributed by atoms with Crippen molar-refractivity contribution >= 4 is 38.8 Å². The fraction of sp³-hybridized carbons (Fsp3) is 0.167. The second-order valence-corrected chi connectivity index (χ2v) is 6.91. The van der Waals surface area contributed by atoms with Gasteiger partial charge in [-0.1, -0.05) is 12.1 Å². The van der Waals surface area contributed by atoms with Gasteiger partial charge in [0.15, 0.2) is 5.82 Å². The Morgan fingerprint density at radius 1 is 1.26 bits per heavy atom. The number of nitrogens with one attached hydrogen (secondary N) is 1. The van der Waals surface area contributed by atoms with E-state index >= 15 is 0 Å². The second-order valence-electron chi connectivity index (χ2n) is 6.05. The number of amides is 1. The molecule has 1 aromatic carbocycles. The van der Waals surface area contributed by atoms with Gasteiger partial charge in [0.25, 0.3) is 0 Å². The number of halogens is 3. The maximum absolute atomic E-state index is 13.0. The second kappa shape index (κ2) is 6.34. The van der Waals surface area contributed by atoms with E-state index in [0.717, 1.165) is 43.9 Å². The molecule has 0 unspecified atom stereocenters. The molecular formula is C18H13F3N4OS. The van der Waals surface area contributed by atoms with Gasteiger partial charge < -0.3 is 5.32 Å². The normalized spacial score (nSPS) is 13.2. The molecule has 3 aromatic heterocycles. The molecule has 0 aliphatic carbocycles. The summed E-state index contributed by atoms with van der Waals surface area (Å²) in [5, 5.41) is 4.55. The Labute approximate surface area is 155 Å². The van der Waals surface area contributed by atoms with Crippen molar-refractivity contribution in [3.63, 3.8) is 0 Å². The van der Waals surface area contributed by atoms with Crippen LogP contribution in [0.3, 0.4) is 0 Å². The number of alkyl halides is 3. The number of anilines is 1. The smallest absolute Gasteiger partial charge is 0.308 e. The third kappa shape index (κ3) is 3.14. The van der Waals surface area contributed by atoms with Gasteiger partial charge in [-0.25, -0.2) is 4.98 Å². The average Bonchev–Trinajstić information content (AvgIpc) is 3.23. The molecule has 1 amide bonds. The Kier molecular flexibility index (Phi) is 4.11. The molecule has 4 rings (SSSR count). The predicted octanol–water partition coefficient (Wildman–Crippen LogP) is 4.71. The summed E-state index contributed by atoms with van der Waals surface area (Å²) >= 11 is 0.883. The highest BCUT2D eigenvalue weighted by Crippen LogP contribution is 2.35. The number of benzene rings is 1. The van der Waals surface area contributed by atoms with Crippen LogP contribution < -0.4 is 5.32 Å². The molecule has 138 valence electrons. The standard InChI is InChI=1S/C18H13F3N4OS/c1-10(11-4-5-13-12(7-11)3-2-6-22-13)16(26)24-15-17-25(9-23-15)14(8-27-17)18(19,20)21/h2-10H,1H3,(H,24,26)/t10-/m0/s1. The molecule has 0 aliphatic rings. The fourth-order valence-electron chi connectivity index (χ4n) is 2.82. The molecule has 1 atom stereocenters. The summed E-state index contributed by atoms with van der Waals surface area (Å²) in [5.74, 6) is -0.732. The zero-order valence-electron chi connectivity index (χ0n) is 14.0. The number of carbonyl (C=O) groups excluding carboxylic acids is 1. The number of thiazole rings is 1. The van der Waals surface area contributed by atoms with Gasteiger partial charge >= 0.3 is 6.18 Å². The van der Waals surface area contributed by atoms with E-state index < -0.39 is 17.8 Å². The zero-order chi connectivity index (χ0) is 19.2. The third-order valence-corrected chi connectivity index (χ3v) is 5.27. The van der Waals surface area contributed by atoms with E-state index in [9.17, 15) is 18.0 Å². The number of hydrogen-bond donors (Lipinski definition) is 1. The first-order valence-electron chi connectivity index (χ1n) is 8.02. The molecule has 0 aliphatic heterocycles. The molecule has 0 spiro atoms. The summed E-state index contributed by atoms with van der Waals surface area (Å²) in [4.78, 5) is 21.0. The first-order valence-corrected chi connectivity index (χ1v) is 8.90. The minimum Gasteiger partial charge on any atom is -0.308 e.